The van der Waals surface area contributed by atoms with E-state index in [1.54, 1.807) is 20.8 Å². The third kappa shape index (κ3) is 32.9. The van der Waals surface area contributed by atoms with Crippen molar-refractivity contribution < 1.29 is 45.4 Å². The highest BCUT2D eigenvalue weighted by molar-refractivity contribution is 7.87. The van der Waals surface area contributed by atoms with Gasteiger partial charge in [-0.2, -0.15) is 25.4 Å². The molecule has 14 nitrogen and oxygen atoms in total. The Bertz CT molecular complexity index is 1100. The molecular formula is C33H68N4O10S2. The van der Waals surface area contributed by atoms with E-state index in [0.29, 0.717) is 25.9 Å². The molecular weight excluding hydrogens is 677 g/mol. The summed E-state index contributed by atoms with van der Waals surface area (Å²) in [5.74, 6) is -0.271. The number of methoxy groups -OCH3 is 2. The van der Waals surface area contributed by atoms with Gasteiger partial charge >= 0.3 is 28.2 Å². The molecule has 0 heterocycles. The van der Waals surface area contributed by atoms with Gasteiger partial charge in [0.25, 0.3) is 10.2 Å². The molecule has 0 rings (SSSR count). The number of nitrogens with zero attached hydrogens (tertiary/aromatic N) is 2. The lowest BCUT2D eigenvalue weighted by Gasteiger charge is -2.22. The van der Waals surface area contributed by atoms with E-state index >= 15 is 0 Å². The summed E-state index contributed by atoms with van der Waals surface area (Å²) in [6, 6.07) is 0. The van der Waals surface area contributed by atoms with Crippen molar-refractivity contribution in [3.8, 4) is 0 Å². The number of amides is 1. The summed E-state index contributed by atoms with van der Waals surface area (Å²) in [5.41, 5.74) is -0.750. The van der Waals surface area contributed by atoms with Crippen LogP contribution in [0.1, 0.15) is 149 Å². The number of unbranched alkanes of at least 4 members (excludes halogenated alkanes) is 16. The maximum absolute atomic E-state index is 12.1. The fourth-order valence-corrected chi connectivity index (χ4v) is 5.78. The average molecular weight is 745 g/mol. The van der Waals surface area contributed by atoms with Crippen molar-refractivity contribution in [2.24, 2.45) is 5.14 Å². The number of esters is 2. The van der Waals surface area contributed by atoms with Crippen LogP contribution in [0.25, 0.3) is 0 Å². The molecule has 0 spiro atoms. The molecule has 16 heteroatoms. The van der Waals surface area contributed by atoms with Crippen molar-refractivity contribution >= 4 is 38.5 Å². The predicted molar refractivity (Wildman–Crippen MR) is 193 cm³/mol. The molecule has 0 unspecified atom stereocenters. The van der Waals surface area contributed by atoms with Gasteiger partial charge in [0.15, 0.2) is 0 Å². The van der Waals surface area contributed by atoms with E-state index in [1.807, 2.05) is 4.72 Å². The summed E-state index contributed by atoms with van der Waals surface area (Å²) in [6.07, 6.45) is 19.0. The zero-order valence-corrected chi connectivity index (χ0v) is 33.1. The molecule has 0 aromatic heterocycles. The first-order valence-corrected chi connectivity index (χ1v) is 20.6. The van der Waals surface area contributed by atoms with Crippen LogP contribution < -0.4 is 9.86 Å². The van der Waals surface area contributed by atoms with Crippen LogP contribution >= 0.6 is 0 Å². The summed E-state index contributed by atoms with van der Waals surface area (Å²) >= 11 is 0. The molecule has 0 atom stereocenters. The van der Waals surface area contributed by atoms with Crippen LogP contribution in [0.15, 0.2) is 0 Å². The first-order chi connectivity index (χ1) is 22.9. The second kappa shape index (κ2) is 28.7. The Morgan fingerprint density at radius 3 is 1.18 bits per heavy atom. The van der Waals surface area contributed by atoms with Gasteiger partial charge in [-0.05, 0) is 46.5 Å². The fourth-order valence-electron chi connectivity index (χ4n) is 4.62. The van der Waals surface area contributed by atoms with Crippen LogP contribution in [-0.2, 0) is 44.2 Å². The van der Waals surface area contributed by atoms with E-state index in [0.717, 1.165) is 101 Å². The summed E-state index contributed by atoms with van der Waals surface area (Å²) in [4.78, 5) is 33.5. The van der Waals surface area contributed by atoms with Crippen LogP contribution in [0.2, 0.25) is 0 Å². The maximum Gasteiger partial charge on any atom is 0.422 e. The van der Waals surface area contributed by atoms with Gasteiger partial charge in [-0.25, -0.2) is 14.7 Å². The van der Waals surface area contributed by atoms with Gasteiger partial charge in [0, 0.05) is 40.0 Å². The van der Waals surface area contributed by atoms with Crippen LogP contribution in [0.5, 0.6) is 0 Å². The Balaban J connectivity index is 0. The smallest absolute Gasteiger partial charge is 0.422 e. The van der Waals surface area contributed by atoms with Crippen molar-refractivity contribution in [3.63, 3.8) is 0 Å². The van der Waals surface area contributed by atoms with Crippen molar-refractivity contribution in [2.75, 3.05) is 41.4 Å². The largest absolute Gasteiger partial charge is 0.469 e. The number of carbonyl (C=O) groups excluding carboxylic acids is 3. The molecule has 0 aliphatic carbocycles. The normalized spacial score (nSPS) is 12.0. The molecule has 0 saturated carbocycles. The second-order valence-electron chi connectivity index (χ2n) is 13.3. The minimum Gasteiger partial charge on any atom is -0.469 e. The van der Waals surface area contributed by atoms with Crippen LogP contribution in [0.4, 0.5) is 4.79 Å². The van der Waals surface area contributed by atoms with Gasteiger partial charge in [0.05, 0.1) is 14.2 Å². The first kappa shape index (κ1) is 49.1. The lowest BCUT2D eigenvalue weighted by Crippen LogP contribution is -2.44. The van der Waals surface area contributed by atoms with Gasteiger partial charge in [-0.3, -0.25) is 9.59 Å². The van der Waals surface area contributed by atoms with Crippen LogP contribution in [0.3, 0.4) is 0 Å². The highest BCUT2D eigenvalue weighted by Crippen LogP contribution is 2.13. The Hall–Kier alpha value is -2.01. The zero-order valence-electron chi connectivity index (χ0n) is 31.4. The number of hydrogen-bond acceptors (Lipinski definition) is 10. The Morgan fingerprint density at radius 2 is 0.878 bits per heavy atom. The first-order valence-electron chi connectivity index (χ1n) is 17.7. The van der Waals surface area contributed by atoms with E-state index in [-0.39, 0.29) is 11.9 Å². The molecule has 49 heavy (non-hydrogen) atoms. The number of rotatable bonds is 27. The minimum absolute atomic E-state index is 0.125. The molecule has 0 aromatic carbocycles. The molecule has 1 amide bonds. The van der Waals surface area contributed by atoms with E-state index in [1.165, 1.54) is 51.9 Å². The minimum atomic E-state index is -3.87. The molecule has 0 radical (unpaired) electrons. The molecule has 0 bridgehead atoms. The van der Waals surface area contributed by atoms with Gasteiger partial charge in [-0.15, -0.1) is 0 Å². The van der Waals surface area contributed by atoms with Crippen molar-refractivity contribution in [1.29, 1.82) is 0 Å². The van der Waals surface area contributed by atoms with Gasteiger partial charge in [-0.1, -0.05) is 89.9 Å². The van der Waals surface area contributed by atoms with Gasteiger partial charge < -0.3 is 14.2 Å². The molecule has 3 N–H and O–H groups in total. The lowest BCUT2D eigenvalue weighted by molar-refractivity contribution is -0.141. The third-order valence-corrected chi connectivity index (χ3v) is 10.1. The van der Waals surface area contributed by atoms with Gasteiger partial charge in [0.1, 0.15) is 5.60 Å². The van der Waals surface area contributed by atoms with E-state index in [2.05, 4.69) is 9.47 Å². The molecule has 0 aliphatic heterocycles. The lowest BCUT2D eigenvalue weighted by atomic mass is 10.1. The van der Waals surface area contributed by atoms with E-state index in [4.69, 9.17) is 9.88 Å². The number of nitrogens with one attached hydrogen (secondary N) is 1. The second-order valence-corrected chi connectivity index (χ2v) is 16.7. The number of carbonyl (C=O) groups is 3. The van der Waals surface area contributed by atoms with Crippen LogP contribution in [-0.4, -0.2) is 90.5 Å². The van der Waals surface area contributed by atoms with Crippen molar-refractivity contribution in [2.45, 2.75) is 155 Å². The highest BCUT2D eigenvalue weighted by Gasteiger charge is 2.24. The molecule has 292 valence electrons. The topological polar surface area (TPSA) is 192 Å². The zero-order chi connectivity index (χ0) is 37.8. The SMILES string of the molecule is COC(=O)CCCCCCCCCCCN(C)S(=O)(=O)NC(=O)OC(C)(C)C.COC(=O)CCCCCCCCCCCN(C)S(N)(=O)=O. The summed E-state index contributed by atoms with van der Waals surface area (Å²) < 4.78 is 64.4. The standard InChI is InChI=1S/C19H38N2O6S.C14H30N2O4S/c1-19(2,3)27-18(23)20-28(24,25)21(4)16-14-12-10-8-6-7-9-11-13-15-17(22)26-5;1-16(21(15,18)19)13-11-9-7-5-3-4-6-8-10-12-14(17)20-2/h6-16H2,1-5H3,(H,20,23);3-13H2,1-2H3,(H2,15,18,19). The maximum atomic E-state index is 12.1. The Morgan fingerprint density at radius 1 is 0.571 bits per heavy atom. The van der Waals surface area contributed by atoms with Crippen molar-refractivity contribution in [3.05, 3.63) is 0 Å². The molecule has 0 aliphatic rings. The summed E-state index contributed by atoms with van der Waals surface area (Å²) in [5, 5.41) is 5.00. The van der Waals surface area contributed by atoms with Crippen molar-refractivity contribution in [1.82, 2.24) is 13.3 Å². The number of ether oxygens (including phenoxy) is 3. The highest BCUT2D eigenvalue weighted by atomic mass is 32.2. The molecule has 0 aromatic rings. The summed E-state index contributed by atoms with van der Waals surface area (Å²) in [7, 11) is -1.62. The average Bonchev–Trinajstić information content (AvgIpc) is 3.00. The summed E-state index contributed by atoms with van der Waals surface area (Å²) in [6.45, 7) is 5.86. The molecule has 0 fully saturated rings. The van der Waals surface area contributed by atoms with Gasteiger partial charge in [0.2, 0.25) is 0 Å². The number of hydrogen-bond donors (Lipinski definition) is 2. The Kier molecular flexibility index (Phi) is 28.7. The predicted octanol–water partition coefficient (Wildman–Crippen LogP) is 5.96. The van der Waals surface area contributed by atoms with E-state index < -0.39 is 32.1 Å². The molecule has 0 saturated heterocycles. The van der Waals surface area contributed by atoms with E-state index in [9.17, 15) is 31.2 Å². The monoisotopic (exact) mass is 744 g/mol. The Labute approximate surface area is 297 Å². The number of nitrogens with two attached hydrogens (primary N) is 1. The quantitative estimate of drug-likeness (QED) is 0.0577. The third-order valence-electron chi connectivity index (χ3n) is 7.62. The van der Waals surface area contributed by atoms with Crippen LogP contribution in [0, 0.1) is 0 Å². The fraction of sp³-hybridized carbons (Fsp3) is 0.909.